The van der Waals surface area contributed by atoms with E-state index in [4.69, 9.17) is 9.47 Å². The first-order valence-electron chi connectivity index (χ1n) is 38.6. The summed E-state index contributed by atoms with van der Waals surface area (Å²) in [5.74, 6) is -0.155. The number of ether oxygens (including phenoxy) is 2. The van der Waals surface area contributed by atoms with Crippen molar-refractivity contribution in [1.82, 2.24) is 5.32 Å². The van der Waals surface area contributed by atoms with Gasteiger partial charge in [0.25, 0.3) is 0 Å². The average Bonchev–Trinajstić information content (AvgIpc) is 1.58. The van der Waals surface area contributed by atoms with Crippen LogP contribution in [0.4, 0.5) is 0 Å². The number of aliphatic hydroxyl groups is 5. The molecule has 9 nitrogen and oxygen atoms in total. The second-order valence-electron chi connectivity index (χ2n) is 26.4. The Morgan fingerprint density at radius 2 is 0.681 bits per heavy atom. The number of hydrogen-bond donors (Lipinski definition) is 6. The molecule has 0 aromatic carbocycles. The molecule has 0 aromatic rings. The van der Waals surface area contributed by atoms with Gasteiger partial charge < -0.3 is 40.3 Å². The van der Waals surface area contributed by atoms with Crippen LogP contribution in [0.3, 0.4) is 0 Å². The van der Waals surface area contributed by atoms with Gasteiger partial charge in [-0.05, 0) is 83.5 Å². The molecule has 9 heteroatoms. The van der Waals surface area contributed by atoms with Crippen molar-refractivity contribution in [2.75, 3.05) is 13.2 Å². The third-order valence-corrected chi connectivity index (χ3v) is 17.9. The molecule has 7 atom stereocenters. The molecule has 91 heavy (non-hydrogen) atoms. The minimum Gasteiger partial charge on any atom is -0.394 e. The van der Waals surface area contributed by atoms with E-state index in [1.54, 1.807) is 0 Å². The van der Waals surface area contributed by atoms with Gasteiger partial charge in [-0.3, -0.25) is 4.79 Å². The number of aliphatic hydroxyl groups excluding tert-OH is 5. The monoisotopic (exact) mass is 1270 g/mol. The van der Waals surface area contributed by atoms with Gasteiger partial charge in [0.1, 0.15) is 24.4 Å². The van der Waals surface area contributed by atoms with Crippen molar-refractivity contribution in [3.63, 3.8) is 0 Å². The normalized spacial score (nSPS) is 18.3. The van der Waals surface area contributed by atoms with Crippen molar-refractivity contribution in [3.05, 3.63) is 109 Å². The predicted octanol–water partition coefficient (Wildman–Crippen LogP) is 22.0. The first kappa shape index (κ1) is 85.9. The molecule has 1 aliphatic heterocycles. The van der Waals surface area contributed by atoms with Crippen LogP contribution in [0.15, 0.2) is 109 Å². The van der Waals surface area contributed by atoms with Gasteiger partial charge in [-0.1, -0.05) is 367 Å². The standard InChI is InChI=1S/C82H145NO8/c1-3-5-7-9-11-13-15-17-19-21-23-25-27-29-31-33-35-37-38-40-42-44-46-48-50-52-54-56-58-60-62-64-66-68-70-72-78(86)83-75(74-90-82-81(89)80(88)79(87)77(73-84)91-82)76(85)71-69-67-65-63-61-59-57-55-53-51-49-47-45-43-41-39-36-34-32-30-28-26-24-22-20-18-16-14-12-10-8-6-4-2/h5,7,11,13,17,19,23,25,29,31,35,37,40,42,46,48,52,54,75-77,79-82,84-85,87-89H,3-4,6,8-10,12,14-16,18,20-22,24,26-28,30,32-34,36,38-39,41,43-45,47,49-51,53,55-74H2,1-2H3,(H,83,86)/b7-5-,13-11-,19-17-,25-23-,31-29-,37-35-,42-40-,48-46-,54-52-. The maximum absolute atomic E-state index is 13.2. The molecule has 0 aliphatic carbocycles. The molecule has 1 heterocycles. The Morgan fingerprint density at radius 1 is 0.385 bits per heavy atom. The zero-order valence-electron chi connectivity index (χ0n) is 59.1. The van der Waals surface area contributed by atoms with Crippen LogP contribution in [-0.2, 0) is 14.3 Å². The molecule has 7 unspecified atom stereocenters. The zero-order chi connectivity index (χ0) is 65.7. The van der Waals surface area contributed by atoms with Gasteiger partial charge in [-0.2, -0.15) is 0 Å². The maximum atomic E-state index is 13.2. The average molecular weight is 1270 g/mol. The molecular formula is C82H145NO8. The number of nitrogens with one attached hydrogen (secondary N) is 1. The van der Waals surface area contributed by atoms with Crippen molar-refractivity contribution in [3.8, 4) is 0 Å². The van der Waals surface area contributed by atoms with Crippen LogP contribution in [-0.4, -0.2) is 87.5 Å². The van der Waals surface area contributed by atoms with E-state index in [-0.39, 0.29) is 12.5 Å². The summed E-state index contributed by atoms with van der Waals surface area (Å²) in [6.45, 7) is 3.75. The highest BCUT2D eigenvalue weighted by Crippen LogP contribution is 2.24. The zero-order valence-corrected chi connectivity index (χ0v) is 59.1. The maximum Gasteiger partial charge on any atom is 0.220 e. The van der Waals surface area contributed by atoms with Crippen LogP contribution in [0.2, 0.25) is 0 Å². The SMILES string of the molecule is CC/C=C\C/C=C\C/C=C\C/C=C\C/C=C\C/C=C\C/C=C\C/C=C\C/C=C\CCCCCCCCCC(=O)NC(COC1OC(CO)C(O)C(O)C1O)C(O)CCCCCCCCCCCCCCCCCCCCCCCCCCCCCCCCCCC. The summed E-state index contributed by atoms with van der Waals surface area (Å²) >= 11 is 0. The lowest BCUT2D eigenvalue weighted by atomic mass is 9.99. The van der Waals surface area contributed by atoms with Crippen LogP contribution in [0.1, 0.15) is 348 Å². The summed E-state index contributed by atoms with van der Waals surface area (Å²) < 4.78 is 11.4. The molecule has 1 saturated heterocycles. The second kappa shape index (κ2) is 69.7. The molecule has 526 valence electrons. The minimum atomic E-state index is -1.56. The van der Waals surface area contributed by atoms with E-state index in [2.05, 4.69) is 129 Å². The van der Waals surface area contributed by atoms with Crippen LogP contribution >= 0.6 is 0 Å². The van der Waals surface area contributed by atoms with Gasteiger partial charge in [0, 0.05) is 6.42 Å². The van der Waals surface area contributed by atoms with Gasteiger partial charge in [0.15, 0.2) is 6.29 Å². The van der Waals surface area contributed by atoms with Crippen molar-refractivity contribution in [2.45, 2.75) is 391 Å². The van der Waals surface area contributed by atoms with E-state index in [0.29, 0.717) is 12.8 Å². The number of hydrogen-bond acceptors (Lipinski definition) is 8. The first-order valence-corrected chi connectivity index (χ1v) is 38.6. The van der Waals surface area contributed by atoms with E-state index in [1.807, 2.05) is 0 Å². The largest absolute Gasteiger partial charge is 0.394 e. The third kappa shape index (κ3) is 58.0. The van der Waals surface area contributed by atoms with Gasteiger partial charge in [0.2, 0.25) is 5.91 Å². The number of allylic oxidation sites excluding steroid dienone is 18. The summed E-state index contributed by atoms with van der Waals surface area (Å²) in [5.41, 5.74) is 0. The summed E-state index contributed by atoms with van der Waals surface area (Å²) in [6.07, 6.45) is 96.0. The first-order chi connectivity index (χ1) is 44.8. The number of unbranched alkanes of at least 4 members (excludes halogenated alkanes) is 39. The third-order valence-electron chi connectivity index (χ3n) is 17.9. The molecule has 1 aliphatic rings. The predicted molar refractivity (Wildman–Crippen MR) is 391 cm³/mol. The van der Waals surface area contributed by atoms with Crippen molar-refractivity contribution < 1.29 is 39.8 Å². The Morgan fingerprint density at radius 3 is 1.01 bits per heavy atom. The van der Waals surface area contributed by atoms with Crippen LogP contribution in [0, 0.1) is 0 Å². The Hall–Kier alpha value is -3.15. The Labute approximate surface area is 561 Å². The van der Waals surface area contributed by atoms with Crippen LogP contribution in [0.5, 0.6) is 0 Å². The summed E-state index contributed by atoms with van der Waals surface area (Å²) in [5, 5.41) is 55.1. The Kier molecular flexibility index (Phi) is 65.7. The van der Waals surface area contributed by atoms with Crippen molar-refractivity contribution >= 4 is 5.91 Å². The second-order valence-corrected chi connectivity index (χ2v) is 26.4. The lowest BCUT2D eigenvalue weighted by Gasteiger charge is -2.40. The number of carbonyl (C=O) groups excluding carboxylic acids is 1. The molecule has 6 N–H and O–H groups in total. The number of amides is 1. The lowest BCUT2D eigenvalue weighted by molar-refractivity contribution is -0.302. The van der Waals surface area contributed by atoms with Crippen molar-refractivity contribution in [2.24, 2.45) is 0 Å². The minimum absolute atomic E-state index is 0.147. The highest BCUT2D eigenvalue weighted by molar-refractivity contribution is 5.76. The molecule has 1 amide bonds. The Bertz CT molecular complexity index is 1810. The van der Waals surface area contributed by atoms with E-state index in [9.17, 15) is 30.3 Å². The smallest absolute Gasteiger partial charge is 0.220 e. The fraction of sp³-hybridized carbons (Fsp3) is 0.768. The van der Waals surface area contributed by atoms with E-state index in [0.717, 1.165) is 109 Å². The summed E-state index contributed by atoms with van der Waals surface area (Å²) in [4.78, 5) is 13.2. The lowest BCUT2D eigenvalue weighted by Crippen LogP contribution is -2.60. The van der Waals surface area contributed by atoms with E-state index in [1.165, 1.54) is 212 Å². The van der Waals surface area contributed by atoms with E-state index < -0.39 is 49.5 Å². The fourth-order valence-electron chi connectivity index (χ4n) is 11.9. The molecule has 0 saturated carbocycles. The van der Waals surface area contributed by atoms with Gasteiger partial charge >= 0.3 is 0 Å². The summed E-state index contributed by atoms with van der Waals surface area (Å²) in [6, 6.07) is -0.736. The van der Waals surface area contributed by atoms with Crippen molar-refractivity contribution in [1.29, 1.82) is 0 Å². The molecule has 0 spiro atoms. The molecule has 0 aromatic heterocycles. The van der Waals surface area contributed by atoms with Gasteiger partial charge in [-0.15, -0.1) is 0 Å². The van der Waals surface area contributed by atoms with Gasteiger partial charge in [0.05, 0.1) is 25.4 Å². The highest BCUT2D eigenvalue weighted by Gasteiger charge is 2.44. The quantitative estimate of drug-likeness (QED) is 0.0261. The molecular weight excluding hydrogens is 1130 g/mol. The van der Waals surface area contributed by atoms with Gasteiger partial charge in [-0.25, -0.2) is 0 Å². The molecule has 1 fully saturated rings. The molecule has 0 bridgehead atoms. The number of rotatable bonds is 67. The topological polar surface area (TPSA) is 149 Å². The summed E-state index contributed by atoms with van der Waals surface area (Å²) in [7, 11) is 0. The molecule has 0 radical (unpaired) electrons. The van der Waals surface area contributed by atoms with Crippen LogP contribution in [0.25, 0.3) is 0 Å². The van der Waals surface area contributed by atoms with Crippen LogP contribution < -0.4 is 5.32 Å². The number of carbonyl (C=O) groups is 1. The Balaban J connectivity index is 2.12. The molecule has 1 rings (SSSR count). The highest BCUT2D eigenvalue weighted by atomic mass is 16.7. The van der Waals surface area contributed by atoms with E-state index >= 15 is 0 Å². The fourth-order valence-corrected chi connectivity index (χ4v) is 11.9.